The van der Waals surface area contributed by atoms with E-state index in [9.17, 15) is 14.4 Å². The molecule has 0 aliphatic carbocycles. The van der Waals surface area contributed by atoms with E-state index in [-0.39, 0.29) is 36.6 Å². The largest absolute Gasteiger partial charge is 0.482 e. The molecule has 4 aromatic rings. The number of aromatic nitrogens is 2. The highest BCUT2D eigenvalue weighted by Crippen LogP contribution is 2.32. The first kappa shape index (κ1) is 22.0. The van der Waals surface area contributed by atoms with Crippen LogP contribution in [0, 0.1) is 0 Å². The van der Waals surface area contributed by atoms with Crippen LogP contribution in [0.4, 0.5) is 11.4 Å². The number of benzene rings is 2. The summed E-state index contributed by atoms with van der Waals surface area (Å²) in [5.74, 6) is -0.203. The number of hydrogen-bond acceptors (Lipinski definition) is 8. The minimum Gasteiger partial charge on any atom is -0.482 e. The molecule has 0 saturated heterocycles. The number of rotatable bonds is 5. The van der Waals surface area contributed by atoms with E-state index in [1.165, 1.54) is 17.7 Å². The molecule has 2 aliphatic rings. The Hall–Kier alpha value is -4.51. The van der Waals surface area contributed by atoms with E-state index in [0.717, 1.165) is 15.6 Å². The van der Waals surface area contributed by atoms with Gasteiger partial charge in [0.2, 0.25) is 0 Å². The number of hydrogen-bond donors (Lipinski definition) is 4. The predicted octanol–water partition coefficient (Wildman–Crippen LogP) is 2.85. The first-order valence-electron chi connectivity index (χ1n) is 11.3. The summed E-state index contributed by atoms with van der Waals surface area (Å²) < 4.78 is 6.41. The number of carbonyl (C=O) groups excluding carboxylic acids is 3. The molecule has 1 atom stereocenters. The molecule has 0 bridgehead atoms. The summed E-state index contributed by atoms with van der Waals surface area (Å²) in [5.41, 5.74) is 2.63. The zero-order chi connectivity index (χ0) is 24.6. The van der Waals surface area contributed by atoms with Crippen molar-refractivity contribution in [1.29, 1.82) is 0 Å². The zero-order valence-electron chi connectivity index (χ0n) is 18.8. The summed E-state index contributed by atoms with van der Waals surface area (Å²) >= 11 is 1.43. The van der Waals surface area contributed by atoms with E-state index in [1.54, 1.807) is 12.1 Å². The van der Waals surface area contributed by atoms with Gasteiger partial charge in [-0.05, 0) is 35.2 Å². The van der Waals surface area contributed by atoms with Crippen LogP contribution in [-0.2, 0) is 11.3 Å². The van der Waals surface area contributed by atoms with Crippen molar-refractivity contribution < 1.29 is 19.1 Å². The third-order valence-corrected chi connectivity index (χ3v) is 7.10. The van der Waals surface area contributed by atoms with Crippen molar-refractivity contribution >= 4 is 50.5 Å². The van der Waals surface area contributed by atoms with Crippen LogP contribution in [0.25, 0.3) is 10.1 Å². The van der Waals surface area contributed by atoms with E-state index >= 15 is 0 Å². The second-order valence-electron chi connectivity index (χ2n) is 8.39. The first-order valence-corrected chi connectivity index (χ1v) is 12.1. The van der Waals surface area contributed by atoms with E-state index < -0.39 is 6.04 Å². The van der Waals surface area contributed by atoms with Crippen molar-refractivity contribution in [1.82, 2.24) is 20.6 Å². The highest BCUT2D eigenvalue weighted by Gasteiger charge is 2.30. The molecule has 10 nitrogen and oxygen atoms in total. The average Bonchev–Trinajstić information content (AvgIpc) is 3.51. The maximum absolute atomic E-state index is 12.9. The van der Waals surface area contributed by atoms with Crippen molar-refractivity contribution in [2.75, 3.05) is 23.8 Å². The Balaban J connectivity index is 1.15. The summed E-state index contributed by atoms with van der Waals surface area (Å²) in [6, 6.07) is 14.6. The molecule has 1 unspecified atom stereocenters. The van der Waals surface area contributed by atoms with Crippen LogP contribution in [0.5, 0.6) is 5.75 Å². The van der Waals surface area contributed by atoms with Crippen LogP contribution in [0.3, 0.4) is 0 Å². The summed E-state index contributed by atoms with van der Waals surface area (Å²) in [6.07, 6.45) is 1.32. The highest BCUT2D eigenvalue weighted by atomic mass is 32.1. The molecule has 11 heteroatoms. The van der Waals surface area contributed by atoms with Crippen LogP contribution < -0.4 is 26.0 Å². The number of nitrogens with zero attached hydrogens (tertiary/aromatic N) is 2. The van der Waals surface area contributed by atoms with Crippen LogP contribution in [-0.4, -0.2) is 40.8 Å². The third kappa shape index (κ3) is 4.09. The van der Waals surface area contributed by atoms with Gasteiger partial charge in [-0.15, -0.1) is 11.3 Å². The van der Waals surface area contributed by atoms with Crippen LogP contribution >= 0.6 is 11.3 Å². The molecule has 2 aromatic heterocycles. The van der Waals surface area contributed by atoms with Crippen LogP contribution in [0.15, 0.2) is 54.9 Å². The Kier molecular flexibility index (Phi) is 5.45. The van der Waals surface area contributed by atoms with E-state index in [2.05, 4.69) is 31.2 Å². The summed E-state index contributed by atoms with van der Waals surface area (Å²) in [6.45, 7) is 0.614. The van der Waals surface area contributed by atoms with Crippen LogP contribution in [0.1, 0.15) is 37.5 Å². The number of amides is 3. The Bertz CT molecular complexity index is 1500. The summed E-state index contributed by atoms with van der Waals surface area (Å²) in [5, 5.41) is 12.8. The fourth-order valence-corrected chi connectivity index (χ4v) is 5.23. The lowest BCUT2D eigenvalue weighted by Gasteiger charge is -2.18. The lowest BCUT2D eigenvalue weighted by Crippen LogP contribution is -2.29. The Morgan fingerprint density at radius 2 is 2.00 bits per heavy atom. The number of anilines is 2. The Morgan fingerprint density at radius 3 is 2.89 bits per heavy atom. The van der Waals surface area contributed by atoms with Gasteiger partial charge in [-0.1, -0.05) is 24.3 Å². The average molecular weight is 501 g/mol. The number of thiophene rings is 1. The minimum absolute atomic E-state index is 0.0135. The quantitative estimate of drug-likeness (QED) is 0.331. The first-order chi connectivity index (χ1) is 17.5. The van der Waals surface area contributed by atoms with E-state index in [0.29, 0.717) is 34.2 Å². The molecule has 0 radical (unpaired) electrons. The molecule has 0 fully saturated rings. The van der Waals surface area contributed by atoms with Crippen molar-refractivity contribution in [3.63, 3.8) is 0 Å². The third-order valence-electron chi connectivity index (χ3n) is 5.99. The van der Waals surface area contributed by atoms with Crippen molar-refractivity contribution in [2.45, 2.75) is 12.6 Å². The molecule has 2 aliphatic heterocycles. The lowest BCUT2D eigenvalue weighted by molar-refractivity contribution is -0.118. The van der Waals surface area contributed by atoms with Gasteiger partial charge in [0.25, 0.3) is 17.7 Å². The van der Waals surface area contributed by atoms with Gasteiger partial charge in [-0.3, -0.25) is 14.4 Å². The molecule has 36 heavy (non-hydrogen) atoms. The molecule has 0 spiro atoms. The number of nitrogens with one attached hydrogen (secondary N) is 4. The van der Waals surface area contributed by atoms with Crippen molar-refractivity contribution in [3.05, 3.63) is 76.7 Å². The maximum atomic E-state index is 12.9. The van der Waals surface area contributed by atoms with Gasteiger partial charge in [-0.25, -0.2) is 9.97 Å². The molecular weight excluding hydrogens is 480 g/mol. The molecule has 4 N–H and O–H groups in total. The van der Waals surface area contributed by atoms with Crippen molar-refractivity contribution in [3.8, 4) is 5.75 Å². The fraction of sp³-hybridized carbons (Fsp3) is 0.160. The van der Waals surface area contributed by atoms with Gasteiger partial charge < -0.3 is 26.0 Å². The summed E-state index contributed by atoms with van der Waals surface area (Å²) in [4.78, 5) is 46.5. The van der Waals surface area contributed by atoms with E-state index in [4.69, 9.17) is 4.74 Å². The van der Waals surface area contributed by atoms with Crippen LogP contribution in [0.2, 0.25) is 0 Å². The van der Waals surface area contributed by atoms with E-state index in [1.807, 2.05) is 36.4 Å². The topological polar surface area (TPSA) is 134 Å². The summed E-state index contributed by atoms with van der Waals surface area (Å²) in [7, 11) is 0. The number of ether oxygens (including phenoxy) is 1. The molecule has 6 rings (SSSR count). The highest BCUT2D eigenvalue weighted by molar-refractivity contribution is 7.20. The molecule has 180 valence electrons. The second kappa shape index (κ2) is 8.93. The predicted molar refractivity (Wildman–Crippen MR) is 134 cm³/mol. The molecule has 3 amide bonds. The SMILES string of the molecule is O=C1COc2ccc(CNC(=O)c3ncnc4c3NCC4NC(=O)c3cc4ccccc4s3)cc2N1. The monoisotopic (exact) mass is 500 g/mol. The van der Waals surface area contributed by atoms with Gasteiger partial charge in [-0.2, -0.15) is 0 Å². The van der Waals surface area contributed by atoms with Gasteiger partial charge in [0.1, 0.15) is 12.1 Å². The normalized spacial score (nSPS) is 15.8. The molecular formula is C25H20N6O4S. The second-order valence-corrected chi connectivity index (χ2v) is 9.47. The fourth-order valence-electron chi connectivity index (χ4n) is 4.26. The molecule has 0 saturated carbocycles. The van der Waals surface area contributed by atoms with Gasteiger partial charge in [0.05, 0.1) is 28.0 Å². The Morgan fingerprint density at radius 1 is 1.11 bits per heavy atom. The lowest BCUT2D eigenvalue weighted by atomic mass is 10.1. The molecule has 2 aromatic carbocycles. The standard InChI is InChI=1S/C25H20N6O4S/c32-20-11-35-17-6-5-13(7-15(17)30-20)9-27-25(34)23-22-21(28-12-29-23)16(10-26-22)31-24(33)19-8-14-3-1-2-4-18(14)36-19/h1-8,12,16,26H,9-11H2,(H,27,34)(H,30,32)(H,31,33). The molecule has 4 heterocycles. The number of carbonyl (C=O) groups is 3. The smallest absolute Gasteiger partial charge is 0.272 e. The van der Waals surface area contributed by atoms with Gasteiger partial charge in [0, 0.05) is 17.8 Å². The minimum atomic E-state index is -0.392. The van der Waals surface area contributed by atoms with Crippen molar-refractivity contribution in [2.24, 2.45) is 0 Å². The Labute approximate surface area is 209 Å². The maximum Gasteiger partial charge on any atom is 0.272 e. The van der Waals surface area contributed by atoms with Gasteiger partial charge >= 0.3 is 0 Å². The number of fused-ring (bicyclic) bond motifs is 3. The zero-order valence-corrected chi connectivity index (χ0v) is 19.6. The van der Waals surface area contributed by atoms with Gasteiger partial charge in [0.15, 0.2) is 12.3 Å².